The third-order valence-corrected chi connectivity index (χ3v) is 2.65. The summed E-state index contributed by atoms with van der Waals surface area (Å²) in [4.78, 5) is 0. The molecule has 0 spiro atoms. The Morgan fingerprint density at radius 2 is 1.75 bits per heavy atom. The second kappa shape index (κ2) is 4.66. The second-order valence-corrected chi connectivity index (χ2v) is 4.13. The van der Waals surface area contributed by atoms with E-state index in [0.29, 0.717) is 0 Å². The second-order valence-electron chi connectivity index (χ2n) is 4.13. The van der Waals surface area contributed by atoms with Crippen LogP contribution in [0, 0.1) is 0 Å². The quantitative estimate of drug-likeness (QED) is 0.642. The van der Waals surface area contributed by atoms with Crippen molar-refractivity contribution >= 4 is 0 Å². The molecule has 0 aliphatic carbocycles. The lowest BCUT2D eigenvalue weighted by molar-refractivity contribution is 0.0473. The van der Waals surface area contributed by atoms with Gasteiger partial charge in [0.15, 0.2) is 0 Å². The molecule has 1 heteroatoms. The largest absolute Gasteiger partial charge is 0.390 e. The molecule has 0 bridgehead atoms. The van der Waals surface area contributed by atoms with Crippen LogP contribution in [0.1, 0.15) is 53.9 Å². The fourth-order valence-electron chi connectivity index (χ4n) is 0.884. The minimum atomic E-state index is -0.475. The molecule has 0 radical (unpaired) electrons. The molecule has 0 amide bonds. The van der Waals surface area contributed by atoms with E-state index in [-0.39, 0.29) is 0 Å². The Kier molecular flexibility index (Phi) is 4.54. The lowest BCUT2D eigenvalue weighted by Crippen LogP contribution is -2.22. The maximum Gasteiger partial charge on any atom is 0.0620 e. The minimum absolute atomic E-state index is 0.475. The van der Waals surface area contributed by atoms with Crippen molar-refractivity contribution < 1.29 is 5.11 Å². The van der Waals surface area contributed by atoms with Gasteiger partial charge in [0.25, 0.3) is 0 Å². The van der Waals surface area contributed by atoms with E-state index < -0.39 is 5.60 Å². The van der Waals surface area contributed by atoms with E-state index in [2.05, 4.69) is 20.8 Å². The van der Waals surface area contributed by atoms with Crippen LogP contribution < -0.4 is 0 Å². The van der Waals surface area contributed by atoms with Gasteiger partial charge in [-0.15, -0.1) is 0 Å². The Labute approximate surface area is 76.5 Å². The molecule has 1 atom stereocenters. The average molecular weight is 170 g/mol. The lowest BCUT2D eigenvalue weighted by Gasteiger charge is -2.21. The van der Waals surface area contributed by atoms with Gasteiger partial charge in [0.05, 0.1) is 5.60 Å². The molecule has 72 valence electrons. The fourth-order valence-corrected chi connectivity index (χ4v) is 0.884. The number of aliphatic hydroxyl groups is 1. The van der Waals surface area contributed by atoms with Gasteiger partial charge in [-0.05, 0) is 47.0 Å². The molecule has 1 nitrogen and oxygen atoms in total. The fraction of sp³-hybridized carbons (Fsp3) is 0.818. The van der Waals surface area contributed by atoms with E-state index in [0.717, 1.165) is 19.3 Å². The Morgan fingerprint density at radius 1 is 1.25 bits per heavy atom. The molecule has 0 saturated carbocycles. The molecule has 0 aromatic carbocycles. The smallest absolute Gasteiger partial charge is 0.0620 e. The third kappa shape index (κ3) is 4.55. The van der Waals surface area contributed by atoms with Crippen LogP contribution in [0.3, 0.4) is 0 Å². The topological polar surface area (TPSA) is 20.2 Å². The molecule has 0 heterocycles. The Hall–Kier alpha value is -0.300. The molecule has 12 heavy (non-hydrogen) atoms. The molecule has 0 saturated heterocycles. The lowest BCUT2D eigenvalue weighted by atomic mass is 9.94. The average Bonchev–Trinajstić information content (AvgIpc) is 2.00. The van der Waals surface area contributed by atoms with E-state index in [1.54, 1.807) is 0 Å². The van der Waals surface area contributed by atoms with Gasteiger partial charge in [0, 0.05) is 0 Å². The molecular weight excluding hydrogens is 148 g/mol. The molecule has 0 aliphatic heterocycles. The van der Waals surface area contributed by atoms with Crippen molar-refractivity contribution in [3.05, 3.63) is 11.1 Å². The van der Waals surface area contributed by atoms with Gasteiger partial charge < -0.3 is 5.11 Å². The van der Waals surface area contributed by atoms with Crippen LogP contribution in [0.4, 0.5) is 0 Å². The summed E-state index contributed by atoms with van der Waals surface area (Å²) in [6.45, 7) is 10.3. The predicted molar refractivity (Wildman–Crippen MR) is 54.2 cm³/mol. The van der Waals surface area contributed by atoms with Crippen molar-refractivity contribution in [1.29, 1.82) is 0 Å². The van der Waals surface area contributed by atoms with E-state index in [1.807, 2.05) is 13.8 Å². The van der Waals surface area contributed by atoms with Gasteiger partial charge in [-0.1, -0.05) is 18.1 Å². The molecule has 0 aliphatic rings. The van der Waals surface area contributed by atoms with Crippen LogP contribution in [-0.4, -0.2) is 10.7 Å². The zero-order chi connectivity index (χ0) is 9.78. The molecule has 0 unspecified atom stereocenters. The molecule has 0 aromatic rings. The van der Waals surface area contributed by atoms with E-state index in [1.165, 1.54) is 11.1 Å². The zero-order valence-electron chi connectivity index (χ0n) is 9.07. The number of hydrogen-bond donors (Lipinski definition) is 1. The van der Waals surface area contributed by atoms with Crippen LogP contribution in [0.2, 0.25) is 0 Å². The monoisotopic (exact) mass is 170 g/mol. The molecule has 1 N–H and O–H groups in total. The zero-order valence-corrected chi connectivity index (χ0v) is 9.07. The summed E-state index contributed by atoms with van der Waals surface area (Å²) < 4.78 is 0. The van der Waals surface area contributed by atoms with Crippen LogP contribution in [-0.2, 0) is 0 Å². The van der Waals surface area contributed by atoms with Crippen LogP contribution in [0.25, 0.3) is 0 Å². The summed E-state index contributed by atoms with van der Waals surface area (Å²) in [5.41, 5.74) is 2.31. The van der Waals surface area contributed by atoms with Crippen molar-refractivity contribution in [3.63, 3.8) is 0 Å². The summed E-state index contributed by atoms with van der Waals surface area (Å²) >= 11 is 0. The summed E-state index contributed by atoms with van der Waals surface area (Å²) in [5, 5.41) is 9.73. The SMILES string of the molecule is CC[C@@](C)(O)CCC(C)=C(C)C. The summed E-state index contributed by atoms with van der Waals surface area (Å²) in [6, 6.07) is 0. The van der Waals surface area contributed by atoms with Gasteiger partial charge in [0.2, 0.25) is 0 Å². The van der Waals surface area contributed by atoms with Gasteiger partial charge in [-0.25, -0.2) is 0 Å². The van der Waals surface area contributed by atoms with Crippen LogP contribution in [0.15, 0.2) is 11.1 Å². The Morgan fingerprint density at radius 3 is 2.08 bits per heavy atom. The number of rotatable bonds is 4. The van der Waals surface area contributed by atoms with Gasteiger partial charge in [-0.2, -0.15) is 0 Å². The van der Waals surface area contributed by atoms with E-state index >= 15 is 0 Å². The first kappa shape index (κ1) is 11.7. The Bertz CT molecular complexity index is 162. The summed E-state index contributed by atoms with van der Waals surface area (Å²) in [5.74, 6) is 0. The molecule has 0 fully saturated rings. The van der Waals surface area contributed by atoms with E-state index in [4.69, 9.17) is 0 Å². The summed E-state index contributed by atoms with van der Waals surface area (Å²) in [6.07, 6.45) is 2.73. The van der Waals surface area contributed by atoms with Gasteiger partial charge in [-0.3, -0.25) is 0 Å². The number of hydrogen-bond acceptors (Lipinski definition) is 1. The highest BCUT2D eigenvalue weighted by Gasteiger charge is 2.16. The van der Waals surface area contributed by atoms with Gasteiger partial charge >= 0.3 is 0 Å². The highest BCUT2D eigenvalue weighted by atomic mass is 16.3. The maximum absolute atomic E-state index is 9.73. The van der Waals surface area contributed by atoms with Crippen LogP contribution >= 0.6 is 0 Å². The Balaban J connectivity index is 3.92. The first-order valence-corrected chi connectivity index (χ1v) is 4.74. The van der Waals surface area contributed by atoms with Gasteiger partial charge in [0.1, 0.15) is 0 Å². The molecule has 0 aromatic heterocycles. The minimum Gasteiger partial charge on any atom is -0.390 e. The molecule has 0 rings (SSSR count). The summed E-state index contributed by atoms with van der Waals surface area (Å²) in [7, 11) is 0. The molecular formula is C11H22O. The standard InChI is InChI=1S/C11H22O/c1-6-11(5,12)8-7-10(4)9(2)3/h12H,6-8H2,1-5H3/t11-/m1/s1. The highest BCUT2D eigenvalue weighted by Crippen LogP contribution is 2.20. The predicted octanol–water partition coefficient (Wildman–Crippen LogP) is 3.28. The van der Waals surface area contributed by atoms with Crippen molar-refractivity contribution in [3.8, 4) is 0 Å². The third-order valence-electron chi connectivity index (χ3n) is 2.65. The first-order chi connectivity index (χ1) is 5.39. The van der Waals surface area contributed by atoms with Crippen molar-refractivity contribution in [2.75, 3.05) is 0 Å². The highest BCUT2D eigenvalue weighted by molar-refractivity contribution is 5.06. The number of allylic oxidation sites excluding steroid dienone is 2. The maximum atomic E-state index is 9.73. The van der Waals surface area contributed by atoms with E-state index in [9.17, 15) is 5.11 Å². The van der Waals surface area contributed by atoms with Crippen molar-refractivity contribution in [2.45, 2.75) is 59.5 Å². The first-order valence-electron chi connectivity index (χ1n) is 4.74. The van der Waals surface area contributed by atoms with Crippen molar-refractivity contribution in [2.24, 2.45) is 0 Å². The van der Waals surface area contributed by atoms with Crippen LogP contribution in [0.5, 0.6) is 0 Å². The normalized spacial score (nSPS) is 15.5. The van der Waals surface area contributed by atoms with Crippen molar-refractivity contribution in [1.82, 2.24) is 0 Å².